The smallest absolute Gasteiger partial charge is 0.133 e. The number of hydrogen-bond acceptors (Lipinski definition) is 1. The maximum Gasteiger partial charge on any atom is 0.133 e. The molecule has 24 heavy (non-hydrogen) atoms. The standard InChI is InChI=1S/C23H38O/c24-23(15-17-9-11-19-5-1-3-7-21(19)13-17)16-18-10-12-20-6-2-4-8-22(20)14-18/h17-22H,1-16H2. The van der Waals surface area contributed by atoms with E-state index in [1.54, 1.807) is 0 Å². The topological polar surface area (TPSA) is 17.1 Å². The molecule has 0 N–H and O–H groups in total. The third-order valence-electron chi connectivity index (χ3n) is 8.33. The Hall–Kier alpha value is -0.330. The minimum absolute atomic E-state index is 0.619. The molecule has 1 nitrogen and oxygen atoms in total. The molecular formula is C23H38O. The van der Waals surface area contributed by atoms with Crippen molar-refractivity contribution in [3.05, 3.63) is 0 Å². The van der Waals surface area contributed by atoms with Crippen LogP contribution >= 0.6 is 0 Å². The zero-order valence-electron chi connectivity index (χ0n) is 15.7. The summed E-state index contributed by atoms with van der Waals surface area (Å²) in [6.07, 6.45) is 21.9. The molecule has 1 heteroatoms. The summed E-state index contributed by atoms with van der Waals surface area (Å²) in [5.74, 6) is 6.09. The first-order valence-corrected chi connectivity index (χ1v) is 11.3. The zero-order chi connectivity index (χ0) is 16.4. The summed E-state index contributed by atoms with van der Waals surface area (Å²) in [5, 5.41) is 0. The molecule has 4 fully saturated rings. The fraction of sp³-hybridized carbons (Fsp3) is 0.957. The van der Waals surface area contributed by atoms with E-state index < -0.39 is 0 Å². The minimum Gasteiger partial charge on any atom is -0.300 e. The second kappa shape index (κ2) is 7.92. The van der Waals surface area contributed by atoms with E-state index in [9.17, 15) is 4.79 Å². The average molecular weight is 331 g/mol. The van der Waals surface area contributed by atoms with Crippen molar-refractivity contribution in [1.82, 2.24) is 0 Å². The molecule has 0 bridgehead atoms. The normalized spacial score (nSPS) is 42.8. The Morgan fingerprint density at radius 3 is 1.42 bits per heavy atom. The summed E-state index contributed by atoms with van der Waals surface area (Å²) >= 11 is 0. The molecule has 6 unspecified atom stereocenters. The van der Waals surface area contributed by atoms with Gasteiger partial charge in [-0.1, -0.05) is 51.4 Å². The molecular weight excluding hydrogens is 292 g/mol. The number of carbonyl (C=O) groups excluding carboxylic acids is 1. The van der Waals surface area contributed by atoms with Crippen LogP contribution in [0.2, 0.25) is 0 Å². The van der Waals surface area contributed by atoms with Crippen molar-refractivity contribution < 1.29 is 4.79 Å². The Labute approximate surface area is 149 Å². The number of fused-ring (bicyclic) bond motifs is 2. The lowest BCUT2D eigenvalue weighted by Gasteiger charge is -2.40. The van der Waals surface area contributed by atoms with Crippen molar-refractivity contribution in [3.63, 3.8) is 0 Å². The Balaban J connectivity index is 1.22. The van der Waals surface area contributed by atoms with Crippen molar-refractivity contribution in [2.45, 2.75) is 103 Å². The highest BCUT2D eigenvalue weighted by Gasteiger charge is 2.35. The fourth-order valence-corrected chi connectivity index (χ4v) is 7.04. The summed E-state index contributed by atoms with van der Waals surface area (Å²) < 4.78 is 0. The molecule has 0 saturated heterocycles. The minimum atomic E-state index is 0.619. The Morgan fingerprint density at radius 2 is 0.958 bits per heavy atom. The highest BCUT2D eigenvalue weighted by molar-refractivity contribution is 5.78. The molecule has 4 aliphatic carbocycles. The van der Waals surface area contributed by atoms with Gasteiger partial charge in [-0.2, -0.15) is 0 Å². The molecule has 136 valence electrons. The van der Waals surface area contributed by atoms with Crippen LogP contribution in [0, 0.1) is 35.5 Å². The third kappa shape index (κ3) is 4.07. The molecule has 0 aromatic heterocycles. The van der Waals surface area contributed by atoms with E-state index in [1.165, 1.54) is 89.9 Å². The largest absolute Gasteiger partial charge is 0.300 e. The SMILES string of the molecule is O=C(CC1CCC2CCCCC2C1)CC1CCC2CCCCC2C1. The molecule has 0 amide bonds. The van der Waals surface area contributed by atoms with Crippen LogP contribution in [0.15, 0.2) is 0 Å². The highest BCUT2D eigenvalue weighted by Crippen LogP contribution is 2.45. The second-order valence-electron chi connectivity index (χ2n) is 9.91. The number of carbonyl (C=O) groups is 1. The van der Waals surface area contributed by atoms with Crippen molar-refractivity contribution in [1.29, 1.82) is 0 Å². The van der Waals surface area contributed by atoms with Crippen molar-refractivity contribution in [2.75, 3.05) is 0 Å². The predicted octanol–water partition coefficient (Wildman–Crippen LogP) is 6.55. The van der Waals surface area contributed by atoms with Crippen molar-refractivity contribution in [3.8, 4) is 0 Å². The maximum absolute atomic E-state index is 12.7. The lowest BCUT2D eigenvalue weighted by molar-refractivity contribution is -0.122. The van der Waals surface area contributed by atoms with E-state index in [-0.39, 0.29) is 0 Å². The summed E-state index contributed by atoms with van der Waals surface area (Å²) in [7, 11) is 0. The van der Waals surface area contributed by atoms with Crippen LogP contribution in [-0.2, 0) is 4.79 Å². The van der Waals surface area contributed by atoms with Gasteiger partial charge in [0.05, 0.1) is 0 Å². The summed E-state index contributed by atoms with van der Waals surface area (Å²) in [6, 6.07) is 0. The number of rotatable bonds is 4. The molecule has 0 aromatic carbocycles. The fourth-order valence-electron chi connectivity index (χ4n) is 7.04. The van der Waals surface area contributed by atoms with Crippen molar-refractivity contribution in [2.24, 2.45) is 35.5 Å². The van der Waals surface area contributed by atoms with E-state index in [0.29, 0.717) is 5.78 Å². The van der Waals surface area contributed by atoms with Crippen LogP contribution in [0.3, 0.4) is 0 Å². The van der Waals surface area contributed by atoms with E-state index >= 15 is 0 Å². The van der Waals surface area contributed by atoms with Gasteiger partial charge in [-0.3, -0.25) is 4.79 Å². The molecule has 4 aliphatic rings. The van der Waals surface area contributed by atoms with Gasteiger partial charge in [-0.25, -0.2) is 0 Å². The molecule has 0 aliphatic heterocycles. The van der Waals surface area contributed by atoms with Crippen LogP contribution in [0.25, 0.3) is 0 Å². The van der Waals surface area contributed by atoms with Crippen LogP contribution in [0.4, 0.5) is 0 Å². The van der Waals surface area contributed by atoms with Crippen LogP contribution in [-0.4, -0.2) is 5.78 Å². The predicted molar refractivity (Wildman–Crippen MR) is 99.8 cm³/mol. The summed E-state index contributed by atoms with van der Waals surface area (Å²) in [6.45, 7) is 0. The first-order valence-electron chi connectivity index (χ1n) is 11.3. The van der Waals surface area contributed by atoms with Gasteiger partial charge in [0.1, 0.15) is 5.78 Å². The third-order valence-corrected chi connectivity index (χ3v) is 8.33. The first-order chi connectivity index (χ1) is 11.8. The molecule has 0 radical (unpaired) electrons. The van der Waals surface area contributed by atoms with E-state index in [0.717, 1.165) is 48.3 Å². The van der Waals surface area contributed by atoms with Crippen molar-refractivity contribution >= 4 is 5.78 Å². The first kappa shape index (κ1) is 17.1. The molecule has 4 rings (SSSR count). The molecule has 4 saturated carbocycles. The summed E-state index contributed by atoms with van der Waals surface area (Å²) in [5.41, 5.74) is 0. The van der Waals surface area contributed by atoms with E-state index in [2.05, 4.69) is 0 Å². The van der Waals surface area contributed by atoms with Crippen LogP contribution in [0.5, 0.6) is 0 Å². The van der Waals surface area contributed by atoms with Gasteiger partial charge in [-0.15, -0.1) is 0 Å². The monoisotopic (exact) mass is 330 g/mol. The van der Waals surface area contributed by atoms with Crippen LogP contribution in [0.1, 0.15) is 103 Å². The van der Waals surface area contributed by atoms with Gasteiger partial charge in [-0.05, 0) is 74.0 Å². The Morgan fingerprint density at radius 1 is 0.542 bits per heavy atom. The molecule has 0 spiro atoms. The quantitative estimate of drug-likeness (QED) is 0.571. The lowest BCUT2D eigenvalue weighted by Crippen LogP contribution is -2.30. The van der Waals surface area contributed by atoms with Gasteiger partial charge in [0, 0.05) is 12.8 Å². The van der Waals surface area contributed by atoms with E-state index in [4.69, 9.17) is 0 Å². The summed E-state index contributed by atoms with van der Waals surface area (Å²) in [4.78, 5) is 12.7. The van der Waals surface area contributed by atoms with Gasteiger partial charge < -0.3 is 0 Å². The molecule has 0 heterocycles. The Bertz CT molecular complexity index is 390. The average Bonchev–Trinajstić information content (AvgIpc) is 2.61. The number of hydrogen-bond donors (Lipinski definition) is 0. The second-order valence-corrected chi connectivity index (χ2v) is 9.91. The number of ketones is 1. The zero-order valence-corrected chi connectivity index (χ0v) is 15.7. The number of Topliss-reactive ketones (excluding diaryl/α,β-unsaturated/α-hetero) is 1. The lowest BCUT2D eigenvalue weighted by atomic mass is 9.65. The van der Waals surface area contributed by atoms with Gasteiger partial charge in [0.25, 0.3) is 0 Å². The maximum atomic E-state index is 12.7. The van der Waals surface area contributed by atoms with Gasteiger partial charge in [0.15, 0.2) is 0 Å². The molecule has 6 atom stereocenters. The highest BCUT2D eigenvalue weighted by atomic mass is 16.1. The molecule has 0 aromatic rings. The van der Waals surface area contributed by atoms with Gasteiger partial charge >= 0.3 is 0 Å². The van der Waals surface area contributed by atoms with Gasteiger partial charge in [0.2, 0.25) is 0 Å². The Kier molecular flexibility index (Phi) is 5.64. The van der Waals surface area contributed by atoms with E-state index in [1.807, 2.05) is 0 Å². The van der Waals surface area contributed by atoms with Crippen LogP contribution < -0.4 is 0 Å².